The molecule has 0 fully saturated rings. The lowest BCUT2D eigenvalue weighted by molar-refractivity contribution is 1.14. The fourth-order valence-corrected chi connectivity index (χ4v) is 2.26. The van der Waals surface area contributed by atoms with Crippen LogP contribution >= 0.6 is 0 Å². The molecule has 0 atom stereocenters. The first-order chi connectivity index (χ1) is 7.69. The molecule has 0 aliphatic heterocycles. The van der Waals surface area contributed by atoms with Crippen molar-refractivity contribution in [3.63, 3.8) is 0 Å². The van der Waals surface area contributed by atoms with Crippen molar-refractivity contribution >= 4 is 22.1 Å². The Kier molecular flexibility index (Phi) is 2.73. The summed E-state index contributed by atoms with van der Waals surface area (Å²) >= 11 is 0. The van der Waals surface area contributed by atoms with E-state index in [0.717, 1.165) is 29.6 Å². The molecule has 0 heterocycles. The molecule has 0 radical (unpaired) electrons. The number of nitrogens with two attached hydrogens (primary N) is 2. The zero-order valence-electron chi connectivity index (χ0n) is 9.88. The molecule has 0 aliphatic carbocycles. The topological polar surface area (TPSA) is 52.0 Å². The van der Waals surface area contributed by atoms with Gasteiger partial charge in [0, 0.05) is 16.8 Å². The van der Waals surface area contributed by atoms with E-state index in [4.69, 9.17) is 11.5 Å². The van der Waals surface area contributed by atoms with Crippen molar-refractivity contribution in [2.24, 2.45) is 0 Å². The number of anilines is 2. The third kappa shape index (κ3) is 1.51. The highest BCUT2D eigenvalue weighted by Gasteiger charge is 2.08. The fraction of sp³-hybridized carbons (Fsp3) is 0.286. The Hall–Kier alpha value is -1.70. The zero-order chi connectivity index (χ0) is 11.7. The van der Waals surface area contributed by atoms with Crippen molar-refractivity contribution in [1.82, 2.24) is 0 Å². The highest BCUT2D eigenvalue weighted by molar-refractivity contribution is 5.98. The van der Waals surface area contributed by atoms with Gasteiger partial charge in [-0.25, -0.2) is 0 Å². The first-order valence-electron chi connectivity index (χ1n) is 5.77. The summed E-state index contributed by atoms with van der Waals surface area (Å²) in [4.78, 5) is 0. The summed E-state index contributed by atoms with van der Waals surface area (Å²) in [6.45, 7) is 4.24. The van der Waals surface area contributed by atoms with Gasteiger partial charge >= 0.3 is 0 Å². The van der Waals surface area contributed by atoms with Crippen LogP contribution in [0.4, 0.5) is 11.4 Å². The maximum absolute atomic E-state index is 6.16. The standard InChI is InChI=1S/C14H18N2/c1-3-9-5-6-11-10(4-2)13(15)8-7-12(11)14(9)16/h5-8H,3-4,15-16H2,1-2H3. The van der Waals surface area contributed by atoms with Crippen LogP contribution in [0, 0.1) is 0 Å². The molecule has 0 saturated carbocycles. The van der Waals surface area contributed by atoms with Gasteiger partial charge in [-0.3, -0.25) is 0 Å². The first-order valence-corrected chi connectivity index (χ1v) is 5.77. The van der Waals surface area contributed by atoms with Gasteiger partial charge in [-0.1, -0.05) is 32.0 Å². The average molecular weight is 214 g/mol. The summed E-state index contributed by atoms with van der Waals surface area (Å²) in [5.74, 6) is 0. The third-order valence-electron chi connectivity index (χ3n) is 3.22. The number of hydrogen-bond donors (Lipinski definition) is 2. The van der Waals surface area contributed by atoms with E-state index >= 15 is 0 Å². The summed E-state index contributed by atoms with van der Waals surface area (Å²) in [5.41, 5.74) is 16.3. The molecular formula is C14H18N2. The number of benzene rings is 2. The van der Waals surface area contributed by atoms with Crippen LogP contribution in [0.1, 0.15) is 25.0 Å². The number of fused-ring (bicyclic) bond motifs is 1. The zero-order valence-corrected chi connectivity index (χ0v) is 9.88. The number of rotatable bonds is 2. The second-order valence-electron chi connectivity index (χ2n) is 4.07. The second kappa shape index (κ2) is 4.05. The minimum Gasteiger partial charge on any atom is -0.398 e. The predicted molar refractivity (Wildman–Crippen MR) is 71.5 cm³/mol. The lowest BCUT2D eigenvalue weighted by Crippen LogP contribution is -1.98. The van der Waals surface area contributed by atoms with Crippen molar-refractivity contribution in [2.45, 2.75) is 26.7 Å². The lowest BCUT2D eigenvalue weighted by Gasteiger charge is -2.12. The Balaban J connectivity index is 2.82. The molecule has 0 unspecified atom stereocenters. The van der Waals surface area contributed by atoms with E-state index in [0.29, 0.717) is 0 Å². The van der Waals surface area contributed by atoms with E-state index in [1.54, 1.807) is 0 Å². The fourth-order valence-electron chi connectivity index (χ4n) is 2.26. The SMILES string of the molecule is CCc1ccc2c(CC)c(N)ccc2c1N. The summed E-state index contributed by atoms with van der Waals surface area (Å²) < 4.78 is 0. The van der Waals surface area contributed by atoms with Gasteiger partial charge in [-0.2, -0.15) is 0 Å². The molecule has 2 aromatic rings. The van der Waals surface area contributed by atoms with E-state index in [2.05, 4.69) is 26.0 Å². The Labute approximate surface area is 96.3 Å². The molecule has 0 spiro atoms. The van der Waals surface area contributed by atoms with Crippen LogP contribution in [0.2, 0.25) is 0 Å². The van der Waals surface area contributed by atoms with Crippen LogP contribution in [-0.2, 0) is 12.8 Å². The van der Waals surface area contributed by atoms with Gasteiger partial charge in [0.25, 0.3) is 0 Å². The molecule has 0 amide bonds. The minimum absolute atomic E-state index is 0.860. The van der Waals surface area contributed by atoms with Gasteiger partial charge in [0.2, 0.25) is 0 Å². The lowest BCUT2D eigenvalue weighted by atomic mass is 9.96. The summed E-state index contributed by atoms with van der Waals surface area (Å²) in [6, 6.07) is 8.23. The first kappa shape index (κ1) is 10.8. The maximum Gasteiger partial charge on any atom is 0.0426 e. The largest absolute Gasteiger partial charge is 0.398 e. The van der Waals surface area contributed by atoms with E-state index in [1.807, 2.05) is 12.1 Å². The molecular weight excluding hydrogens is 196 g/mol. The predicted octanol–water partition coefficient (Wildman–Crippen LogP) is 3.13. The van der Waals surface area contributed by atoms with Crippen molar-refractivity contribution in [1.29, 1.82) is 0 Å². The molecule has 2 rings (SSSR count). The molecule has 4 N–H and O–H groups in total. The number of aryl methyl sites for hydroxylation is 2. The van der Waals surface area contributed by atoms with E-state index in [-0.39, 0.29) is 0 Å². The Morgan fingerprint density at radius 3 is 2.19 bits per heavy atom. The van der Waals surface area contributed by atoms with Crippen LogP contribution in [0.15, 0.2) is 24.3 Å². The quantitative estimate of drug-likeness (QED) is 0.755. The van der Waals surface area contributed by atoms with E-state index in [9.17, 15) is 0 Å². The van der Waals surface area contributed by atoms with E-state index < -0.39 is 0 Å². The van der Waals surface area contributed by atoms with Gasteiger partial charge < -0.3 is 11.5 Å². The van der Waals surface area contributed by atoms with Crippen molar-refractivity contribution in [3.8, 4) is 0 Å². The highest BCUT2D eigenvalue weighted by Crippen LogP contribution is 2.31. The Morgan fingerprint density at radius 1 is 0.875 bits per heavy atom. The van der Waals surface area contributed by atoms with Gasteiger partial charge in [0.05, 0.1) is 0 Å². The maximum atomic E-state index is 6.16. The van der Waals surface area contributed by atoms with Crippen molar-refractivity contribution in [2.75, 3.05) is 11.5 Å². The number of hydrogen-bond acceptors (Lipinski definition) is 2. The average Bonchev–Trinajstić information content (AvgIpc) is 2.29. The molecule has 0 aliphatic rings. The molecule has 2 aromatic carbocycles. The molecule has 0 saturated heterocycles. The van der Waals surface area contributed by atoms with Crippen LogP contribution in [0.3, 0.4) is 0 Å². The molecule has 0 bridgehead atoms. The summed E-state index contributed by atoms with van der Waals surface area (Å²) in [5, 5.41) is 2.32. The van der Waals surface area contributed by atoms with Crippen LogP contribution in [0.25, 0.3) is 10.8 Å². The van der Waals surface area contributed by atoms with E-state index in [1.165, 1.54) is 16.5 Å². The summed E-state index contributed by atoms with van der Waals surface area (Å²) in [6.07, 6.45) is 1.90. The van der Waals surface area contributed by atoms with Crippen LogP contribution < -0.4 is 11.5 Å². The third-order valence-corrected chi connectivity index (χ3v) is 3.22. The van der Waals surface area contributed by atoms with Gasteiger partial charge in [0.1, 0.15) is 0 Å². The second-order valence-corrected chi connectivity index (χ2v) is 4.07. The molecule has 84 valence electrons. The molecule has 16 heavy (non-hydrogen) atoms. The molecule has 0 aromatic heterocycles. The smallest absolute Gasteiger partial charge is 0.0426 e. The number of nitrogen functional groups attached to an aromatic ring is 2. The van der Waals surface area contributed by atoms with Crippen LogP contribution in [-0.4, -0.2) is 0 Å². The van der Waals surface area contributed by atoms with Gasteiger partial charge in [-0.05, 0) is 35.4 Å². The normalized spacial score (nSPS) is 10.9. The van der Waals surface area contributed by atoms with Crippen molar-refractivity contribution < 1.29 is 0 Å². The monoisotopic (exact) mass is 214 g/mol. The van der Waals surface area contributed by atoms with Crippen molar-refractivity contribution in [3.05, 3.63) is 35.4 Å². The Morgan fingerprint density at radius 2 is 1.56 bits per heavy atom. The van der Waals surface area contributed by atoms with Gasteiger partial charge in [0.15, 0.2) is 0 Å². The van der Waals surface area contributed by atoms with Gasteiger partial charge in [-0.15, -0.1) is 0 Å². The Bertz CT molecular complexity index is 530. The summed E-state index contributed by atoms with van der Waals surface area (Å²) in [7, 11) is 0. The molecule has 2 nitrogen and oxygen atoms in total. The molecule has 2 heteroatoms. The highest BCUT2D eigenvalue weighted by atomic mass is 14.6. The minimum atomic E-state index is 0.860. The van der Waals surface area contributed by atoms with Crippen LogP contribution in [0.5, 0.6) is 0 Å².